The number of ether oxygens (including phenoxy) is 1. The van der Waals surface area contributed by atoms with Crippen LogP contribution in [0.3, 0.4) is 0 Å². The van der Waals surface area contributed by atoms with Gasteiger partial charge in [-0.2, -0.15) is 0 Å². The Hall–Kier alpha value is -2.78. The van der Waals surface area contributed by atoms with Crippen molar-refractivity contribution in [2.45, 2.75) is 32.2 Å². The van der Waals surface area contributed by atoms with Crippen molar-refractivity contribution in [3.8, 4) is 5.75 Å². The number of hydrogen-bond acceptors (Lipinski definition) is 6. The quantitative estimate of drug-likeness (QED) is 0.404. The van der Waals surface area contributed by atoms with Gasteiger partial charge in [0.2, 0.25) is 11.1 Å². The third kappa shape index (κ3) is 5.89. The van der Waals surface area contributed by atoms with Crippen LogP contribution in [0.2, 0.25) is 5.02 Å². The van der Waals surface area contributed by atoms with Crippen molar-refractivity contribution in [2.24, 2.45) is 0 Å². The first kappa shape index (κ1) is 22.9. The summed E-state index contributed by atoms with van der Waals surface area (Å²) in [5.41, 5.74) is 2.47. The molecule has 0 aliphatic heterocycles. The Morgan fingerprint density at radius 3 is 2.65 bits per heavy atom. The van der Waals surface area contributed by atoms with Gasteiger partial charge in [-0.05, 0) is 49.2 Å². The zero-order valence-corrected chi connectivity index (χ0v) is 19.0. The number of nitrogens with zero attached hydrogens (tertiary/aromatic N) is 4. The zero-order valence-electron chi connectivity index (χ0n) is 17.4. The maximum atomic E-state index is 13.9. The lowest BCUT2D eigenvalue weighted by Gasteiger charge is -2.18. The lowest BCUT2D eigenvalue weighted by Crippen LogP contribution is -2.28. The topological polar surface area (TPSA) is 86.3 Å². The van der Waals surface area contributed by atoms with Crippen LogP contribution in [0.4, 0.5) is 4.39 Å². The number of aryl methyl sites for hydroxylation is 2. The van der Waals surface area contributed by atoms with E-state index in [9.17, 15) is 9.18 Å². The molecule has 0 unspecified atom stereocenters. The van der Waals surface area contributed by atoms with E-state index in [1.807, 2.05) is 26.0 Å². The molecule has 2 aromatic carbocycles. The highest BCUT2D eigenvalue weighted by atomic mass is 35.5. The third-order valence-electron chi connectivity index (χ3n) is 4.51. The largest absolute Gasteiger partial charge is 0.486 e. The average Bonchev–Trinajstić information content (AvgIpc) is 3.06. The van der Waals surface area contributed by atoms with Gasteiger partial charge >= 0.3 is 0 Å². The van der Waals surface area contributed by atoms with Crippen LogP contribution in [0.5, 0.6) is 5.75 Å². The summed E-state index contributed by atoms with van der Waals surface area (Å²) in [6.07, 6.45) is 0. The van der Waals surface area contributed by atoms with Crippen molar-refractivity contribution in [1.82, 2.24) is 19.8 Å². The van der Waals surface area contributed by atoms with Gasteiger partial charge in [-0.25, -0.2) is 9.07 Å². The van der Waals surface area contributed by atoms with Crippen molar-refractivity contribution in [1.29, 1.82) is 0 Å². The minimum Gasteiger partial charge on any atom is -0.486 e. The van der Waals surface area contributed by atoms with Crippen molar-refractivity contribution in [2.75, 3.05) is 18.6 Å². The fourth-order valence-electron chi connectivity index (χ4n) is 2.91. The zero-order chi connectivity index (χ0) is 22.5. The number of hydrogen-bond donors (Lipinski definition) is 1. The van der Waals surface area contributed by atoms with Gasteiger partial charge in [-0.3, -0.25) is 4.79 Å². The Bertz CT molecular complexity index is 1050. The molecule has 0 radical (unpaired) electrons. The molecule has 31 heavy (non-hydrogen) atoms. The number of rotatable bonds is 8. The molecular formula is C21H23ClFN5O2S. The van der Waals surface area contributed by atoms with Gasteiger partial charge in [0.25, 0.3) is 0 Å². The molecule has 164 valence electrons. The Morgan fingerprint density at radius 1 is 1.26 bits per heavy atom. The van der Waals surface area contributed by atoms with Gasteiger partial charge in [0.1, 0.15) is 18.2 Å². The highest BCUT2D eigenvalue weighted by Gasteiger charge is 2.17. The first-order valence-electron chi connectivity index (χ1n) is 9.44. The highest BCUT2D eigenvalue weighted by Crippen LogP contribution is 2.22. The second-order valence-corrected chi connectivity index (χ2v) is 8.47. The first-order chi connectivity index (χ1) is 14.7. The fourth-order valence-corrected chi connectivity index (χ4v) is 3.95. The number of carbonyl (C=O) groups is 1. The number of amides is 1. The Kier molecular flexibility index (Phi) is 7.40. The SMILES string of the molecule is Cc1cc(C)cc(OCc2nnc(SCC(=O)N(C)Cc3c(F)cccc3Cl)n2N)c1. The van der Waals surface area contributed by atoms with E-state index in [0.29, 0.717) is 11.0 Å². The summed E-state index contributed by atoms with van der Waals surface area (Å²) in [5, 5.41) is 8.72. The van der Waals surface area contributed by atoms with E-state index in [1.165, 1.54) is 21.7 Å². The molecule has 1 aromatic heterocycles. The van der Waals surface area contributed by atoms with E-state index in [2.05, 4.69) is 16.3 Å². The molecule has 0 aliphatic rings. The molecule has 1 heterocycles. The number of aromatic nitrogens is 3. The predicted molar refractivity (Wildman–Crippen MR) is 119 cm³/mol. The van der Waals surface area contributed by atoms with E-state index >= 15 is 0 Å². The van der Waals surface area contributed by atoms with Gasteiger partial charge in [0.15, 0.2) is 5.82 Å². The van der Waals surface area contributed by atoms with Gasteiger partial charge in [-0.15, -0.1) is 10.2 Å². The maximum Gasteiger partial charge on any atom is 0.233 e. The molecule has 0 fully saturated rings. The van der Waals surface area contributed by atoms with Gasteiger partial charge in [0.05, 0.1) is 5.75 Å². The monoisotopic (exact) mass is 463 g/mol. The second kappa shape index (κ2) is 10.0. The smallest absolute Gasteiger partial charge is 0.233 e. The number of benzene rings is 2. The highest BCUT2D eigenvalue weighted by molar-refractivity contribution is 7.99. The van der Waals surface area contributed by atoms with Crippen molar-refractivity contribution < 1.29 is 13.9 Å². The normalized spacial score (nSPS) is 10.9. The summed E-state index contributed by atoms with van der Waals surface area (Å²) in [6, 6.07) is 10.3. The van der Waals surface area contributed by atoms with Gasteiger partial charge in [0, 0.05) is 24.2 Å². The van der Waals surface area contributed by atoms with Crippen molar-refractivity contribution >= 4 is 29.3 Å². The van der Waals surface area contributed by atoms with E-state index in [1.54, 1.807) is 13.1 Å². The van der Waals surface area contributed by atoms with Crippen LogP contribution in [0.1, 0.15) is 22.5 Å². The summed E-state index contributed by atoms with van der Waals surface area (Å²) in [7, 11) is 1.59. The number of nitrogen functional groups attached to an aromatic ring is 1. The minimum absolute atomic E-state index is 0.0647. The number of thioether (sulfide) groups is 1. The average molecular weight is 464 g/mol. The van der Waals surface area contributed by atoms with E-state index in [-0.39, 0.29) is 35.4 Å². The summed E-state index contributed by atoms with van der Waals surface area (Å²) >= 11 is 7.17. The molecule has 0 saturated carbocycles. The second-order valence-electron chi connectivity index (χ2n) is 7.12. The van der Waals surface area contributed by atoms with Crippen molar-refractivity contribution in [3.05, 3.63) is 69.8 Å². The standard InChI is InChI=1S/C21H23ClFN5O2S/c1-13-7-14(2)9-15(8-13)30-11-19-25-26-21(28(19)24)31-12-20(29)27(3)10-16-17(22)5-4-6-18(16)23/h4-9H,10-12,24H2,1-3H3. The Balaban J connectivity index is 1.56. The summed E-state index contributed by atoms with van der Waals surface area (Å²) < 4.78 is 21.0. The molecule has 0 aliphatic carbocycles. The molecular weight excluding hydrogens is 441 g/mol. The summed E-state index contributed by atoms with van der Waals surface area (Å²) in [5.74, 6) is 6.60. The molecule has 0 bridgehead atoms. The molecule has 0 saturated heterocycles. The predicted octanol–water partition coefficient (Wildman–Crippen LogP) is 3.73. The van der Waals surface area contributed by atoms with E-state index in [0.717, 1.165) is 28.6 Å². The fraction of sp³-hybridized carbons (Fsp3) is 0.286. The Labute approximate surface area is 189 Å². The minimum atomic E-state index is -0.449. The summed E-state index contributed by atoms with van der Waals surface area (Å²) in [4.78, 5) is 13.9. The van der Waals surface area contributed by atoms with Crippen LogP contribution in [0.25, 0.3) is 0 Å². The van der Waals surface area contributed by atoms with Gasteiger partial charge in [-0.1, -0.05) is 35.5 Å². The molecule has 2 N–H and O–H groups in total. The molecule has 0 atom stereocenters. The number of halogens is 2. The third-order valence-corrected chi connectivity index (χ3v) is 5.79. The van der Waals surface area contributed by atoms with Crippen LogP contribution < -0.4 is 10.6 Å². The molecule has 1 amide bonds. The van der Waals surface area contributed by atoms with Crippen molar-refractivity contribution in [3.63, 3.8) is 0 Å². The maximum absolute atomic E-state index is 13.9. The molecule has 3 rings (SSSR count). The van der Waals surface area contributed by atoms with Crippen LogP contribution in [0, 0.1) is 19.7 Å². The Morgan fingerprint density at radius 2 is 1.97 bits per heavy atom. The molecule has 10 heteroatoms. The van der Waals surface area contributed by atoms with Crippen LogP contribution in [-0.4, -0.2) is 38.5 Å². The van der Waals surface area contributed by atoms with Crippen LogP contribution in [0.15, 0.2) is 41.6 Å². The number of nitrogens with two attached hydrogens (primary N) is 1. The number of carbonyl (C=O) groups excluding carboxylic acids is 1. The van der Waals surface area contributed by atoms with E-state index in [4.69, 9.17) is 22.2 Å². The summed E-state index contributed by atoms with van der Waals surface area (Å²) in [6.45, 7) is 4.20. The van der Waals surface area contributed by atoms with Crippen LogP contribution >= 0.6 is 23.4 Å². The lowest BCUT2D eigenvalue weighted by molar-refractivity contribution is -0.127. The van der Waals surface area contributed by atoms with Crippen LogP contribution in [-0.2, 0) is 17.9 Å². The molecule has 7 nitrogen and oxygen atoms in total. The van der Waals surface area contributed by atoms with Gasteiger partial charge < -0.3 is 15.5 Å². The first-order valence-corrected chi connectivity index (χ1v) is 10.8. The molecule has 0 spiro atoms. The molecule has 3 aromatic rings. The lowest BCUT2D eigenvalue weighted by atomic mass is 10.1. The van der Waals surface area contributed by atoms with E-state index < -0.39 is 5.82 Å².